The average Bonchev–Trinajstić information content (AvgIpc) is 2.16. The Morgan fingerprint density at radius 1 is 1.29 bits per heavy atom. The van der Waals surface area contributed by atoms with Crippen LogP contribution in [-0.2, 0) is 4.74 Å². The first-order valence-electron chi connectivity index (χ1n) is 5.33. The zero-order valence-corrected chi connectivity index (χ0v) is 9.62. The lowest BCUT2D eigenvalue weighted by Gasteiger charge is -2.28. The molecule has 4 heteroatoms. The van der Waals surface area contributed by atoms with Crippen molar-refractivity contribution in [3.05, 3.63) is 0 Å². The van der Waals surface area contributed by atoms with E-state index in [4.69, 9.17) is 4.74 Å². The molecule has 1 unspecified atom stereocenters. The number of morpholine rings is 1. The highest BCUT2D eigenvalue weighted by atomic mass is 16.5. The van der Waals surface area contributed by atoms with Crippen LogP contribution in [0.4, 0.5) is 0 Å². The molecule has 1 N–H and O–H groups in total. The van der Waals surface area contributed by atoms with Gasteiger partial charge in [0.2, 0.25) is 0 Å². The molecule has 0 bridgehead atoms. The molecule has 0 saturated carbocycles. The molecule has 0 spiro atoms. The number of hydrogen-bond acceptors (Lipinski definition) is 4. The van der Waals surface area contributed by atoms with Crippen molar-refractivity contribution < 1.29 is 4.74 Å². The van der Waals surface area contributed by atoms with E-state index >= 15 is 0 Å². The maximum atomic E-state index is 5.41. The van der Waals surface area contributed by atoms with Gasteiger partial charge in [-0.3, -0.25) is 0 Å². The molecule has 1 aliphatic heterocycles. The van der Waals surface area contributed by atoms with Gasteiger partial charge in [-0.05, 0) is 21.1 Å². The van der Waals surface area contributed by atoms with Gasteiger partial charge in [0.05, 0.1) is 13.2 Å². The SMILES string of the molecule is CN(C)CCN(C)CC1COCCN1. The molecule has 0 aliphatic carbocycles. The number of nitrogens with one attached hydrogen (secondary N) is 1. The standard InChI is InChI=1S/C10H23N3O/c1-12(2)5-6-13(3)8-10-9-14-7-4-11-10/h10-11H,4-9H2,1-3H3. The molecule has 1 rings (SSSR count). The van der Waals surface area contributed by atoms with Crippen molar-refractivity contribution in [2.45, 2.75) is 6.04 Å². The topological polar surface area (TPSA) is 27.7 Å². The molecule has 1 aliphatic rings. The van der Waals surface area contributed by atoms with Gasteiger partial charge in [0, 0.05) is 32.2 Å². The van der Waals surface area contributed by atoms with Crippen molar-refractivity contribution in [1.29, 1.82) is 0 Å². The lowest BCUT2D eigenvalue weighted by atomic mass is 10.2. The van der Waals surface area contributed by atoms with Crippen LogP contribution < -0.4 is 5.32 Å². The van der Waals surface area contributed by atoms with Gasteiger partial charge in [0.15, 0.2) is 0 Å². The second-order valence-electron chi connectivity index (χ2n) is 4.29. The molecule has 1 heterocycles. The molecule has 1 fully saturated rings. The molecule has 0 amide bonds. The molecule has 1 saturated heterocycles. The molecule has 84 valence electrons. The fourth-order valence-corrected chi connectivity index (χ4v) is 1.58. The monoisotopic (exact) mass is 201 g/mol. The van der Waals surface area contributed by atoms with Crippen LogP contribution in [0.2, 0.25) is 0 Å². The predicted molar refractivity (Wildman–Crippen MR) is 58.7 cm³/mol. The number of nitrogens with zero attached hydrogens (tertiary/aromatic N) is 2. The summed E-state index contributed by atoms with van der Waals surface area (Å²) in [5.74, 6) is 0. The largest absolute Gasteiger partial charge is 0.378 e. The maximum Gasteiger partial charge on any atom is 0.0632 e. The summed E-state index contributed by atoms with van der Waals surface area (Å²) in [4.78, 5) is 4.56. The van der Waals surface area contributed by atoms with Crippen LogP contribution in [-0.4, -0.2) is 76.4 Å². The van der Waals surface area contributed by atoms with Crippen LogP contribution in [0.1, 0.15) is 0 Å². The second-order valence-corrected chi connectivity index (χ2v) is 4.29. The van der Waals surface area contributed by atoms with E-state index in [9.17, 15) is 0 Å². The maximum absolute atomic E-state index is 5.41. The molecule has 14 heavy (non-hydrogen) atoms. The minimum absolute atomic E-state index is 0.510. The molecule has 0 aromatic rings. The van der Waals surface area contributed by atoms with Crippen molar-refractivity contribution in [2.75, 3.05) is 60.5 Å². The number of hydrogen-bond donors (Lipinski definition) is 1. The normalized spacial score (nSPS) is 23.4. The molecule has 1 atom stereocenters. The Morgan fingerprint density at radius 3 is 2.64 bits per heavy atom. The van der Waals surface area contributed by atoms with E-state index in [0.717, 1.165) is 39.4 Å². The van der Waals surface area contributed by atoms with Crippen LogP contribution in [0.5, 0.6) is 0 Å². The lowest BCUT2D eigenvalue weighted by molar-refractivity contribution is 0.0646. The minimum atomic E-state index is 0.510. The smallest absolute Gasteiger partial charge is 0.0632 e. The first-order chi connectivity index (χ1) is 6.68. The highest BCUT2D eigenvalue weighted by Crippen LogP contribution is 1.95. The zero-order valence-electron chi connectivity index (χ0n) is 9.62. The minimum Gasteiger partial charge on any atom is -0.378 e. The number of ether oxygens (including phenoxy) is 1. The van der Waals surface area contributed by atoms with Crippen LogP contribution >= 0.6 is 0 Å². The summed E-state index contributed by atoms with van der Waals surface area (Å²) in [7, 11) is 6.38. The van der Waals surface area contributed by atoms with Crippen LogP contribution in [0.25, 0.3) is 0 Å². The highest BCUT2D eigenvalue weighted by Gasteiger charge is 2.14. The molecule has 0 radical (unpaired) electrons. The molecular formula is C10H23N3O. The molecular weight excluding hydrogens is 178 g/mol. The van der Waals surface area contributed by atoms with Crippen molar-refractivity contribution in [3.8, 4) is 0 Å². The van der Waals surface area contributed by atoms with E-state index in [-0.39, 0.29) is 0 Å². The Hall–Kier alpha value is -0.160. The summed E-state index contributed by atoms with van der Waals surface area (Å²) in [5, 5.41) is 3.46. The third-order valence-corrected chi connectivity index (χ3v) is 2.46. The van der Waals surface area contributed by atoms with Crippen LogP contribution in [0, 0.1) is 0 Å². The third kappa shape index (κ3) is 4.91. The van der Waals surface area contributed by atoms with E-state index in [2.05, 4.69) is 36.3 Å². The number of rotatable bonds is 5. The van der Waals surface area contributed by atoms with Gasteiger partial charge in [-0.25, -0.2) is 0 Å². The van der Waals surface area contributed by atoms with Crippen LogP contribution in [0.3, 0.4) is 0 Å². The quantitative estimate of drug-likeness (QED) is 0.647. The Balaban J connectivity index is 2.09. The van der Waals surface area contributed by atoms with Gasteiger partial charge in [0.1, 0.15) is 0 Å². The highest BCUT2D eigenvalue weighted by molar-refractivity contribution is 4.73. The van der Waals surface area contributed by atoms with Gasteiger partial charge in [-0.2, -0.15) is 0 Å². The van der Waals surface area contributed by atoms with Crippen molar-refractivity contribution in [2.24, 2.45) is 0 Å². The lowest BCUT2D eigenvalue weighted by Crippen LogP contribution is -2.48. The van der Waals surface area contributed by atoms with E-state index in [1.165, 1.54) is 0 Å². The first-order valence-corrected chi connectivity index (χ1v) is 5.33. The van der Waals surface area contributed by atoms with Gasteiger partial charge in [-0.1, -0.05) is 0 Å². The number of likely N-dealkylation sites (N-methyl/N-ethyl adjacent to an activating group) is 2. The van der Waals surface area contributed by atoms with Gasteiger partial charge < -0.3 is 19.9 Å². The fraction of sp³-hybridized carbons (Fsp3) is 1.00. The summed E-state index contributed by atoms with van der Waals surface area (Å²) in [6.45, 7) is 6.01. The summed E-state index contributed by atoms with van der Waals surface area (Å²) in [6, 6.07) is 0.510. The Labute approximate surface area is 87.2 Å². The summed E-state index contributed by atoms with van der Waals surface area (Å²) in [6.07, 6.45) is 0. The molecule has 0 aromatic carbocycles. The average molecular weight is 201 g/mol. The zero-order chi connectivity index (χ0) is 10.4. The Kier molecular flexibility index (Phi) is 5.40. The Morgan fingerprint density at radius 2 is 2.07 bits per heavy atom. The summed E-state index contributed by atoms with van der Waals surface area (Å²) < 4.78 is 5.41. The van der Waals surface area contributed by atoms with Crippen molar-refractivity contribution >= 4 is 0 Å². The molecule has 4 nitrogen and oxygen atoms in total. The van der Waals surface area contributed by atoms with E-state index in [1.807, 2.05) is 0 Å². The second kappa shape index (κ2) is 6.35. The first kappa shape index (κ1) is 11.9. The van der Waals surface area contributed by atoms with Gasteiger partial charge in [0.25, 0.3) is 0 Å². The van der Waals surface area contributed by atoms with E-state index in [0.29, 0.717) is 6.04 Å². The summed E-state index contributed by atoms with van der Waals surface area (Å²) in [5.41, 5.74) is 0. The van der Waals surface area contributed by atoms with E-state index < -0.39 is 0 Å². The van der Waals surface area contributed by atoms with Crippen molar-refractivity contribution in [1.82, 2.24) is 15.1 Å². The summed E-state index contributed by atoms with van der Waals surface area (Å²) >= 11 is 0. The third-order valence-electron chi connectivity index (χ3n) is 2.46. The van der Waals surface area contributed by atoms with Gasteiger partial charge in [-0.15, -0.1) is 0 Å². The Bertz CT molecular complexity index is 146. The van der Waals surface area contributed by atoms with Gasteiger partial charge >= 0.3 is 0 Å². The molecule has 0 aromatic heterocycles. The van der Waals surface area contributed by atoms with Crippen LogP contribution in [0.15, 0.2) is 0 Å². The van der Waals surface area contributed by atoms with Crippen molar-refractivity contribution in [3.63, 3.8) is 0 Å². The predicted octanol–water partition coefficient (Wildman–Crippen LogP) is -0.532. The fourth-order valence-electron chi connectivity index (χ4n) is 1.58. The van der Waals surface area contributed by atoms with E-state index in [1.54, 1.807) is 0 Å².